The Morgan fingerprint density at radius 3 is 2.54 bits per heavy atom. The van der Waals surface area contributed by atoms with Gasteiger partial charge in [0.25, 0.3) is 5.91 Å². The van der Waals surface area contributed by atoms with Crippen molar-refractivity contribution in [3.63, 3.8) is 0 Å². The number of rotatable bonds is 6. The molecule has 0 spiro atoms. The average Bonchev–Trinajstić information content (AvgIpc) is 3.44. The molecule has 11 heteroatoms. The lowest BCUT2D eigenvalue weighted by atomic mass is 10.00. The minimum absolute atomic E-state index is 0.177. The van der Waals surface area contributed by atoms with E-state index in [1.165, 1.54) is 30.3 Å². The standard InChI is InChI=1S/C26H22F3N5O3/c1-26(28,29)25(36)32-20-13-23(35)33(24(20)15-9-10-30-22(12-15)37-2)19-7-8-21-16(11-19)14-31-34(21)18-5-3-17(27)4-6-18/h3-12,14,20,24H,13H2,1-2H3,(H,32,36)/t20-,24+/m1/s1. The number of ether oxygens (including phenoxy) is 1. The number of pyridine rings is 1. The van der Waals surface area contributed by atoms with Crippen molar-refractivity contribution < 1.29 is 27.5 Å². The summed E-state index contributed by atoms with van der Waals surface area (Å²) in [6, 6.07) is 12.6. The van der Waals surface area contributed by atoms with Crippen LogP contribution in [0.2, 0.25) is 0 Å². The third kappa shape index (κ3) is 4.59. The lowest BCUT2D eigenvalue weighted by Gasteiger charge is -2.29. The summed E-state index contributed by atoms with van der Waals surface area (Å²) in [5, 5.41) is 7.43. The number of amides is 2. The molecule has 1 saturated heterocycles. The molecule has 8 nitrogen and oxygen atoms in total. The van der Waals surface area contributed by atoms with E-state index in [0.717, 1.165) is 5.52 Å². The van der Waals surface area contributed by atoms with Crippen molar-refractivity contribution >= 4 is 28.4 Å². The lowest BCUT2D eigenvalue weighted by molar-refractivity contribution is -0.143. The highest BCUT2D eigenvalue weighted by Crippen LogP contribution is 2.39. The van der Waals surface area contributed by atoms with E-state index in [1.54, 1.807) is 53.3 Å². The molecule has 2 atom stereocenters. The largest absolute Gasteiger partial charge is 0.481 e. The second kappa shape index (κ2) is 9.23. The topological polar surface area (TPSA) is 89.4 Å². The van der Waals surface area contributed by atoms with Crippen molar-refractivity contribution in [2.75, 3.05) is 12.0 Å². The van der Waals surface area contributed by atoms with Gasteiger partial charge in [0, 0.05) is 36.7 Å². The molecule has 1 N–H and O–H groups in total. The smallest absolute Gasteiger partial charge is 0.321 e. The van der Waals surface area contributed by atoms with Crippen LogP contribution in [0, 0.1) is 5.82 Å². The summed E-state index contributed by atoms with van der Waals surface area (Å²) in [5.41, 5.74) is 2.44. The number of hydrogen-bond donors (Lipinski definition) is 1. The number of benzene rings is 2. The number of anilines is 1. The molecular weight excluding hydrogens is 487 g/mol. The summed E-state index contributed by atoms with van der Waals surface area (Å²) in [6.07, 6.45) is 2.92. The molecule has 1 fully saturated rings. The van der Waals surface area contributed by atoms with Crippen LogP contribution in [-0.4, -0.2) is 45.7 Å². The van der Waals surface area contributed by atoms with Crippen LogP contribution in [0.1, 0.15) is 24.9 Å². The number of carbonyl (C=O) groups excluding carboxylic acids is 2. The number of hydrogen-bond acceptors (Lipinski definition) is 5. The zero-order valence-corrected chi connectivity index (χ0v) is 19.9. The second-order valence-electron chi connectivity index (χ2n) is 8.79. The fourth-order valence-corrected chi connectivity index (χ4v) is 4.52. The van der Waals surface area contributed by atoms with Gasteiger partial charge in [0.1, 0.15) is 5.82 Å². The van der Waals surface area contributed by atoms with Crippen molar-refractivity contribution in [3.05, 3.63) is 78.4 Å². The number of methoxy groups -OCH3 is 1. The Hall–Kier alpha value is -4.41. The molecule has 3 heterocycles. The summed E-state index contributed by atoms with van der Waals surface area (Å²) in [7, 11) is 1.44. The van der Waals surface area contributed by atoms with Crippen LogP contribution >= 0.6 is 0 Å². The number of fused-ring (bicyclic) bond motifs is 1. The molecule has 0 bridgehead atoms. The van der Waals surface area contributed by atoms with Crippen molar-refractivity contribution in [3.8, 4) is 11.6 Å². The highest BCUT2D eigenvalue weighted by molar-refractivity contribution is 6.00. The van der Waals surface area contributed by atoms with Crippen LogP contribution in [0.15, 0.2) is 67.0 Å². The van der Waals surface area contributed by atoms with E-state index in [1.807, 2.05) is 0 Å². The quantitative estimate of drug-likeness (QED) is 0.421. The molecule has 2 aromatic heterocycles. The van der Waals surface area contributed by atoms with E-state index >= 15 is 0 Å². The minimum Gasteiger partial charge on any atom is -0.481 e. The van der Waals surface area contributed by atoms with Crippen molar-refractivity contribution in [1.29, 1.82) is 0 Å². The first-order valence-electron chi connectivity index (χ1n) is 11.4. The van der Waals surface area contributed by atoms with Crippen molar-refractivity contribution in [2.45, 2.75) is 31.4 Å². The summed E-state index contributed by atoms with van der Waals surface area (Å²) in [4.78, 5) is 30.9. The number of carbonyl (C=O) groups is 2. The Balaban J connectivity index is 1.56. The van der Waals surface area contributed by atoms with Gasteiger partial charge in [-0.2, -0.15) is 13.9 Å². The first-order chi connectivity index (χ1) is 17.7. The molecule has 5 rings (SSSR count). The van der Waals surface area contributed by atoms with Gasteiger partial charge in [0.2, 0.25) is 11.8 Å². The van der Waals surface area contributed by atoms with E-state index in [0.29, 0.717) is 29.2 Å². The Labute approximate surface area is 209 Å². The fourth-order valence-electron chi connectivity index (χ4n) is 4.52. The molecule has 0 aliphatic carbocycles. The van der Waals surface area contributed by atoms with Gasteiger partial charge in [-0.1, -0.05) is 0 Å². The Morgan fingerprint density at radius 1 is 1.11 bits per heavy atom. The van der Waals surface area contributed by atoms with E-state index in [2.05, 4.69) is 15.4 Å². The monoisotopic (exact) mass is 509 g/mol. The summed E-state index contributed by atoms with van der Waals surface area (Å²) < 4.78 is 47.6. The van der Waals surface area contributed by atoms with Crippen LogP contribution in [0.3, 0.4) is 0 Å². The number of alkyl halides is 2. The van der Waals surface area contributed by atoms with Gasteiger partial charge < -0.3 is 15.0 Å². The normalized spacial score (nSPS) is 17.9. The molecule has 190 valence electrons. The Bertz CT molecular complexity index is 1480. The Kier molecular flexibility index (Phi) is 6.06. The first kappa shape index (κ1) is 24.3. The number of nitrogens with one attached hydrogen (secondary N) is 1. The molecule has 0 saturated carbocycles. The van der Waals surface area contributed by atoms with Crippen LogP contribution in [-0.2, 0) is 9.59 Å². The van der Waals surface area contributed by atoms with Crippen LogP contribution in [0.25, 0.3) is 16.6 Å². The third-order valence-corrected chi connectivity index (χ3v) is 6.25. The maximum absolute atomic E-state index is 13.7. The molecule has 2 aromatic carbocycles. The molecule has 37 heavy (non-hydrogen) atoms. The highest BCUT2D eigenvalue weighted by Gasteiger charge is 2.45. The predicted molar refractivity (Wildman–Crippen MR) is 129 cm³/mol. The van der Waals surface area contributed by atoms with E-state index in [-0.39, 0.29) is 24.0 Å². The van der Waals surface area contributed by atoms with Gasteiger partial charge in [0.15, 0.2) is 0 Å². The van der Waals surface area contributed by atoms with Crippen LogP contribution in [0.5, 0.6) is 5.88 Å². The third-order valence-electron chi connectivity index (χ3n) is 6.25. The van der Waals surface area contributed by atoms with E-state index < -0.39 is 23.9 Å². The van der Waals surface area contributed by atoms with Crippen molar-refractivity contribution in [2.24, 2.45) is 0 Å². The molecular formula is C26H22F3N5O3. The molecule has 4 aromatic rings. The summed E-state index contributed by atoms with van der Waals surface area (Å²) in [5.74, 6) is -5.51. The first-order valence-corrected chi connectivity index (χ1v) is 11.4. The zero-order valence-electron chi connectivity index (χ0n) is 19.9. The molecule has 1 aliphatic rings. The Morgan fingerprint density at radius 2 is 1.84 bits per heavy atom. The van der Waals surface area contributed by atoms with Crippen LogP contribution in [0.4, 0.5) is 18.9 Å². The fraction of sp³-hybridized carbons (Fsp3) is 0.231. The van der Waals surface area contributed by atoms with Gasteiger partial charge >= 0.3 is 5.92 Å². The van der Waals surface area contributed by atoms with E-state index in [4.69, 9.17) is 4.74 Å². The van der Waals surface area contributed by atoms with Gasteiger partial charge in [-0.25, -0.2) is 14.1 Å². The van der Waals surface area contributed by atoms with Gasteiger partial charge in [-0.15, -0.1) is 0 Å². The molecule has 1 aliphatic heterocycles. The number of aromatic nitrogens is 3. The molecule has 2 amide bonds. The molecule has 0 unspecified atom stereocenters. The summed E-state index contributed by atoms with van der Waals surface area (Å²) >= 11 is 0. The second-order valence-corrected chi connectivity index (χ2v) is 8.79. The maximum Gasteiger partial charge on any atom is 0.321 e. The molecule has 0 radical (unpaired) electrons. The predicted octanol–water partition coefficient (Wildman–Crippen LogP) is 4.19. The summed E-state index contributed by atoms with van der Waals surface area (Å²) in [6.45, 7) is 0.508. The number of halogens is 3. The maximum atomic E-state index is 13.7. The van der Waals surface area contributed by atoms with Gasteiger partial charge in [-0.3, -0.25) is 9.59 Å². The van der Waals surface area contributed by atoms with Gasteiger partial charge in [0.05, 0.1) is 36.6 Å². The van der Waals surface area contributed by atoms with Crippen LogP contribution < -0.4 is 15.0 Å². The van der Waals surface area contributed by atoms with E-state index in [9.17, 15) is 22.8 Å². The average molecular weight is 509 g/mol. The number of nitrogens with zero attached hydrogens (tertiary/aromatic N) is 4. The van der Waals surface area contributed by atoms with Gasteiger partial charge in [-0.05, 0) is 54.1 Å². The SMILES string of the molecule is COc1cc([C@H]2[C@H](NC(=O)C(C)(F)F)CC(=O)N2c2ccc3c(cnn3-c3ccc(F)cc3)c2)ccn1. The minimum atomic E-state index is -3.61. The van der Waals surface area contributed by atoms with Crippen molar-refractivity contribution in [1.82, 2.24) is 20.1 Å². The zero-order chi connectivity index (χ0) is 26.3. The highest BCUT2D eigenvalue weighted by atomic mass is 19.3. The lowest BCUT2D eigenvalue weighted by Crippen LogP contribution is -2.46.